The zero-order valence-corrected chi connectivity index (χ0v) is 13.4. The molecule has 0 aromatic carbocycles. The van der Waals surface area contributed by atoms with Crippen LogP contribution in [0.1, 0.15) is 11.3 Å². The average Bonchev–Trinajstić information content (AvgIpc) is 3.25. The van der Waals surface area contributed by atoms with Crippen LogP contribution in [0.15, 0.2) is 24.8 Å². The zero-order valence-electron chi connectivity index (χ0n) is 13.4. The first-order chi connectivity index (χ1) is 12.5. The summed E-state index contributed by atoms with van der Waals surface area (Å²) in [7, 11) is 0. The number of halogens is 3. The van der Waals surface area contributed by atoms with Gasteiger partial charge in [-0.1, -0.05) is 0 Å². The number of carbonyl (C=O) groups excluding carboxylic acids is 1. The Hall–Kier alpha value is -3.04. The fourth-order valence-corrected chi connectivity index (χ4v) is 2.79. The number of nitrogens with zero attached hydrogens (tertiary/aromatic N) is 5. The van der Waals surface area contributed by atoms with Gasteiger partial charge in [-0.15, -0.1) is 0 Å². The van der Waals surface area contributed by atoms with Gasteiger partial charge in [0.1, 0.15) is 24.4 Å². The van der Waals surface area contributed by atoms with Gasteiger partial charge in [-0.3, -0.25) is 4.79 Å². The quantitative estimate of drug-likeness (QED) is 0.749. The summed E-state index contributed by atoms with van der Waals surface area (Å²) in [5, 5.41) is 2.57. The molecule has 3 aromatic heterocycles. The minimum atomic E-state index is -2.24. The van der Waals surface area contributed by atoms with Crippen LogP contribution in [0.4, 0.5) is 19.0 Å². The van der Waals surface area contributed by atoms with E-state index in [-0.39, 0.29) is 29.7 Å². The van der Waals surface area contributed by atoms with Crippen LogP contribution in [-0.2, 0) is 17.6 Å². The van der Waals surface area contributed by atoms with Crippen LogP contribution in [-0.4, -0.2) is 49.3 Å². The van der Waals surface area contributed by atoms with E-state index in [4.69, 9.17) is 0 Å². The van der Waals surface area contributed by atoms with Gasteiger partial charge in [0.2, 0.25) is 5.91 Å². The highest BCUT2D eigenvalue weighted by Crippen LogP contribution is 2.28. The predicted octanol–water partition coefficient (Wildman–Crippen LogP) is 1.87. The van der Waals surface area contributed by atoms with Gasteiger partial charge in [0, 0.05) is 30.6 Å². The third-order valence-corrected chi connectivity index (χ3v) is 4.12. The summed E-state index contributed by atoms with van der Waals surface area (Å²) >= 11 is 0. The Morgan fingerprint density at radius 2 is 2.08 bits per heavy atom. The van der Waals surface area contributed by atoms with E-state index >= 15 is 0 Å². The average molecular weight is 362 g/mol. The summed E-state index contributed by atoms with van der Waals surface area (Å²) in [6, 6.07) is 0. The van der Waals surface area contributed by atoms with E-state index in [1.165, 1.54) is 6.20 Å². The van der Waals surface area contributed by atoms with Gasteiger partial charge < -0.3 is 9.72 Å². The molecule has 26 heavy (non-hydrogen) atoms. The molecule has 2 atom stereocenters. The van der Waals surface area contributed by atoms with Crippen molar-refractivity contribution >= 4 is 17.4 Å². The summed E-state index contributed by atoms with van der Waals surface area (Å²) in [6.07, 6.45) is 1.68. The van der Waals surface area contributed by atoms with Crippen LogP contribution in [0.3, 0.4) is 0 Å². The van der Waals surface area contributed by atoms with E-state index < -0.39 is 25.4 Å². The fourth-order valence-electron chi connectivity index (χ4n) is 2.79. The predicted molar refractivity (Wildman–Crippen MR) is 85.8 cm³/mol. The molecule has 1 amide bonds. The number of alkyl halides is 3. The summed E-state index contributed by atoms with van der Waals surface area (Å²) < 4.78 is 41.4. The van der Waals surface area contributed by atoms with Crippen LogP contribution < -0.4 is 5.32 Å². The lowest BCUT2D eigenvalue weighted by Crippen LogP contribution is -2.23. The van der Waals surface area contributed by atoms with Gasteiger partial charge in [-0.2, -0.15) is 0 Å². The number of rotatable bonds is 5. The lowest BCUT2D eigenvalue weighted by Gasteiger charge is -2.13. The van der Waals surface area contributed by atoms with Crippen molar-refractivity contribution in [1.29, 1.82) is 0 Å². The number of amides is 1. The lowest BCUT2D eigenvalue weighted by molar-refractivity contribution is -0.115. The topological polar surface area (TPSA) is 85.1 Å². The molecule has 134 valence electrons. The molecule has 2 unspecified atom stereocenters. The molecule has 4 heterocycles. The molecule has 1 aliphatic rings. The molecular formula is C16H13F3N6O. The molecule has 0 fully saturated rings. The Morgan fingerprint density at radius 1 is 1.23 bits per heavy atom. The maximum Gasteiger partial charge on any atom is 0.230 e. The van der Waals surface area contributed by atoms with E-state index in [1.807, 2.05) is 0 Å². The molecule has 10 heteroatoms. The monoisotopic (exact) mass is 362 g/mol. The Labute approximate surface area is 145 Å². The Balaban J connectivity index is 1.77. The number of nitrogens with one attached hydrogen (secondary N) is 1. The van der Waals surface area contributed by atoms with Gasteiger partial charge in [0.25, 0.3) is 0 Å². The van der Waals surface area contributed by atoms with Gasteiger partial charge in [-0.05, 0) is 0 Å². The standard InChI is InChI=1S/C16H13F3N6O/c17-5-10(19)9(18)4-11-8-3-14(26)23-15(8)24-16(22-11)12-7-25-2-1-20-13(25)6-21-12/h1-2,6-7,9-10H,3-5H2,(H,22,23,24,26). The van der Waals surface area contributed by atoms with E-state index in [1.54, 1.807) is 23.0 Å². The van der Waals surface area contributed by atoms with Crippen molar-refractivity contribution in [3.8, 4) is 11.5 Å². The molecule has 0 saturated heterocycles. The summed E-state index contributed by atoms with van der Waals surface area (Å²) in [4.78, 5) is 28.5. The minimum absolute atomic E-state index is 0.0295. The minimum Gasteiger partial charge on any atom is -0.310 e. The molecule has 7 nitrogen and oxygen atoms in total. The second-order valence-corrected chi connectivity index (χ2v) is 5.90. The second-order valence-electron chi connectivity index (χ2n) is 5.90. The third-order valence-electron chi connectivity index (χ3n) is 4.12. The summed E-state index contributed by atoms with van der Waals surface area (Å²) in [6.45, 7) is -1.42. The highest BCUT2D eigenvalue weighted by molar-refractivity contribution is 5.98. The number of imidazole rings is 1. The lowest BCUT2D eigenvalue weighted by atomic mass is 10.1. The van der Waals surface area contributed by atoms with Crippen molar-refractivity contribution in [3.63, 3.8) is 0 Å². The third kappa shape index (κ3) is 2.87. The molecule has 0 spiro atoms. The van der Waals surface area contributed by atoms with Crippen molar-refractivity contribution in [2.45, 2.75) is 25.2 Å². The Kier molecular flexibility index (Phi) is 4.02. The van der Waals surface area contributed by atoms with Crippen LogP contribution in [0.25, 0.3) is 17.2 Å². The van der Waals surface area contributed by atoms with Crippen molar-refractivity contribution < 1.29 is 18.0 Å². The summed E-state index contributed by atoms with van der Waals surface area (Å²) in [5.41, 5.74) is 1.56. The number of carbonyl (C=O) groups is 1. The zero-order chi connectivity index (χ0) is 18.3. The molecule has 0 radical (unpaired) electrons. The van der Waals surface area contributed by atoms with E-state index in [9.17, 15) is 18.0 Å². The first kappa shape index (κ1) is 16.4. The van der Waals surface area contributed by atoms with Gasteiger partial charge >= 0.3 is 0 Å². The molecular weight excluding hydrogens is 349 g/mol. The second kappa shape index (κ2) is 6.36. The van der Waals surface area contributed by atoms with E-state index in [0.717, 1.165) is 0 Å². The first-order valence-electron chi connectivity index (χ1n) is 7.88. The van der Waals surface area contributed by atoms with Gasteiger partial charge in [-0.25, -0.2) is 33.1 Å². The van der Waals surface area contributed by atoms with E-state index in [0.29, 0.717) is 16.9 Å². The maximum absolute atomic E-state index is 13.9. The van der Waals surface area contributed by atoms with Crippen LogP contribution in [0.5, 0.6) is 0 Å². The highest BCUT2D eigenvalue weighted by Gasteiger charge is 2.29. The molecule has 4 rings (SSSR count). The molecule has 0 bridgehead atoms. The SMILES string of the molecule is O=C1Cc2c(CC(F)C(F)CF)nc(-c3cn4ccnc4cn3)nc2N1. The number of anilines is 1. The molecule has 0 saturated carbocycles. The largest absolute Gasteiger partial charge is 0.310 e. The number of aromatic nitrogens is 5. The highest BCUT2D eigenvalue weighted by atomic mass is 19.2. The Bertz CT molecular complexity index is 991. The van der Waals surface area contributed by atoms with Crippen LogP contribution in [0, 0.1) is 0 Å². The maximum atomic E-state index is 13.9. The van der Waals surface area contributed by atoms with Crippen molar-refractivity contribution in [2.75, 3.05) is 12.0 Å². The Morgan fingerprint density at radius 3 is 2.88 bits per heavy atom. The number of fused-ring (bicyclic) bond motifs is 2. The van der Waals surface area contributed by atoms with E-state index in [2.05, 4.69) is 25.3 Å². The number of hydrogen-bond acceptors (Lipinski definition) is 5. The van der Waals surface area contributed by atoms with Gasteiger partial charge in [0.15, 0.2) is 17.6 Å². The van der Waals surface area contributed by atoms with Crippen LogP contribution >= 0.6 is 0 Å². The summed E-state index contributed by atoms with van der Waals surface area (Å²) in [5.74, 6) is 0.0770. The normalized spacial score (nSPS) is 15.7. The number of hydrogen-bond donors (Lipinski definition) is 1. The molecule has 3 aromatic rings. The molecule has 1 N–H and O–H groups in total. The van der Waals surface area contributed by atoms with Crippen molar-refractivity contribution in [1.82, 2.24) is 24.3 Å². The van der Waals surface area contributed by atoms with Crippen molar-refractivity contribution in [3.05, 3.63) is 36.0 Å². The smallest absolute Gasteiger partial charge is 0.230 e. The fraction of sp³-hybridized carbons (Fsp3) is 0.312. The van der Waals surface area contributed by atoms with Gasteiger partial charge in [0.05, 0.1) is 18.3 Å². The van der Waals surface area contributed by atoms with Crippen molar-refractivity contribution in [2.24, 2.45) is 0 Å². The van der Waals surface area contributed by atoms with Crippen LogP contribution in [0.2, 0.25) is 0 Å². The molecule has 1 aliphatic heterocycles. The first-order valence-corrected chi connectivity index (χ1v) is 7.88. The molecule has 0 aliphatic carbocycles.